The van der Waals surface area contributed by atoms with Gasteiger partial charge in [-0.25, -0.2) is 9.97 Å². The molecule has 0 atom stereocenters. The van der Waals surface area contributed by atoms with Gasteiger partial charge in [0.1, 0.15) is 18.1 Å². The molecule has 0 spiro atoms. The molecule has 102 valence electrons. The minimum absolute atomic E-state index is 0.0187. The van der Waals surface area contributed by atoms with E-state index in [-0.39, 0.29) is 11.6 Å². The Bertz CT molecular complexity index is 655. The van der Waals surface area contributed by atoms with Crippen LogP contribution in [0.5, 0.6) is 5.75 Å². The zero-order valence-corrected chi connectivity index (χ0v) is 10.7. The summed E-state index contributed by atoms with van der Waals surface area (Å²) in [6.45, 7) is 3.96. The summed E-state index contributed by atoms with van der Waals surface area (Å²) in [5, 5.41) is 0. The third-order valence-electron chi connectivity index (χ3n) is 2.52. The van der Waals surface area contributed by atoms with E-state index in [4.69, 9.17) is 16.2 Å². The number of ether oxygens (including phenoxy) is 1. The van der Waals surface area contributed by atoms with Gasteiger partial charge in [-0.1, -0.05) is 24.8 Å². The second-order valence-electron chi connectivity index (χ2n) is 3.96. The number of anilines is 1. The summed E-state index contributed by atoms with van der Waals surface area (Å²) in [6.07, 6.45) is 1.64. The zero-order chi connectivity index (χ0) is 14.5. The molecule has 0 saturated carbocycles. The lowest BCUT2D eigenvalue weighted by Crippen LogP contribution is -2.15. The van der Waals surface area contributed by atoms with Crippen LogP contribution in [0.4, 0.5) is 5.95 Å². The first-order chi connectivity index (χ1) is 9.61. The van der Waals surface area contributed by atoms with Crippen LogP contribution in [0.25, 0.3) is 11.3 Å². The quantitative estimate of drug-likeness (QED) is 0.799. The van der Waals surface area contributed by atoms with Crippen molar-refractivity contribution in [2.45, 2.75) is 0 Å². The SMILES string of the molecule is C=CCOc1ccccc1-c1cc(C(N)=O)nc(N)n1. The molecule has 1 aromatic heterocycles. The summed E-state index contributed by atoms with van der Waals surface area (Å²) < 4.78 is 5.55. The van der Waals surface area contributed by atoms with Crippen LogP contribution in [0.3, 0.4) is 0 Å². The average Bonchev–Trinajstić information content (AvgIpc) is 2.44. The molecule has 20 heavy (non-hydrogen) atoms. The second kappa shape index (κ2) is 5.83. The normalized spacial score (nSPS) is 10.0. The van der Waals surface area contributed by atoms with Crippen molar-refractivity contribution in [2.24, 2.45) is 5.73 Å². The predicted molar refractivity (Wildman–Crippen MR) is 76.1 cm³/mol. The molecule has 0 saturated heterocycles. The van der Waals surface area contributed by atoms with Gasteiger partial charge in [0.15, 0.2) is 0 Å². The largest absolute Gasteiger partial charge is 0.489 e. The number of benzene rings is 1. The molecule has 0 unspecified atom stereocenters. The summed E-state index contributed by atoms with van der Waals surface area (Å²) in [6, 6.07) is 8.75. The van der Waals surface area contributed by atoms with Crippen LogP contribution in [-0.4, -0.2) is 22.5 Å². The van der Waals surface area contributed by atoms with Gasteiger partial charge in [0.05, 0.1) is 5.69 Å². The van der Waals surface area contributed by atoms with Gasteiger partial charge in [0.2, 0.25) is 5.95 Å². The van der Waals surface area contributed by atoms with Crippen molar-refractivity contribution in [2.75, 3.05) is 12.3 Å². The van der Waals surface area contributed by atoms with Crippen molar-refractivity contribution in [3.63, 3.8) is 0 Å². The number of nitrogen functional groups attached to an aromatic ring is 1. The van der Waals surface area contributed by atoms with Crippen molar-refractivity contribution >= 4 is 11.9 Å². The summed E-state index contributed by atoms with van der Waals surface area (Å²) >= 11 is 0. The Morgan fingerprint density at radius 3 is 2.80 bits per heavy atom. The number of amides is 1. The van der Waals surface area contributed by atoms with E-state index >= 15 is 0 Å². The molecule has 0 aliphatic heterocycles. The van der Waals surface area contributed by atoms with Gasteiger partial charge in [-0.2, -0.15) is 0 Å². The molecule has 1 heterocycles. The molecule has 0 fully saturated rings. The number of hydrogen-bond acceptors (Lipinski definition) is 5. The van der Waals surface area contributed by atoms with E-state index in [9.17, 15) is 4.79 Å². The topological polar surface area (TPSA) is 104 Å². The summed E-state index contributed by atoms with van der Waals surface area (Å²) in [5.74, 6) is -0.0689. The summed E-state index contributed by atoms with van der Waals surface area (Å²) in [5.41, 5.74) is 12.1. The lowest BCUT2D eigenvalue weighted by Gasteiger charge is -2.10. The van der Waals surface area contributed by atoms with Crippen LogP contribution in [0.1, 0.15) is 10.5 Å². The van der Waals surface area contributed by atoms with Crippen LogP contribution in [0.15, 0.2) is 43.0 Å². The number of nitrogens with two attached hydrogens (primary N) is 2. The van der Waals surface area contributed by atoms with E-state index in [1.54, 1.807) is 12.1 Å². The van der Waals surface area contributed by atoms with Gasteiger partial charge in [-0.3, -0.25) is 4.79 Å². The van der Waals surface area contributed by atoms with Crippen molar-refractivity contribution in [1.29, 1.82) is 0 Å². The number of para-hydroxylation sites is 1. The summed E-state index contributed by atoms with van der Waals surface area (Å²) in [7, 11) is 0. The van der Waals surface area contributed by atoms with E-state index in [0.717, 1.165) is 0 Å². The van der Waals surface area contributed by atoms with E-state index in [0.29, 0.717) is 23.6 Å². The Morgan fingerprint density at radius 1 is 1.35 bits per heavy atom. The second-order valence-corrected chi connectivity index (χ2v) is 3.96. The fourth-order valence-corrected chi connectivity index (χ4v) is 1.68. The highest BCUT2D eigenvalue weighted by Crippen LogP contribution is 2.29. The highest BCUT2D eigenvalue weighted by molar-refractivity contribution is 5.92. The maximum absolute atomic E-state index is 11.2. The molecular weight excluding hydrogens is 256 g/mol. The van der Waals surface area contributed by atoms with E-state index < -0.39 is 5.91 Å². The third kappa shape index (κ3) is 2.92. The van der Waals surface area contributed by atoms with Crippen molar-refractivity contribution in [1.82, 2.24) is 9.97 Å². The number of nitrogens with zero attached hydrogens (tertiary/aromatic N) is 2. The first kappa shape index (κ1) is 13.5. The van der Waals surface area contributed by atoms with Crippen molar-refractivity contribution in [3.8, 4) is 17.0 Å². The smallest absolute Gasteiger partial charge is 0.267 e. The van der Waals surface area contributed by atoms with Gasteiger partial charge < -0.3 is 16.2 Å². The van der Waals surface area contributed by atoms with Crippen molar-refractivity contribution in [3.05, 3.63) is 48.7 Å². The molecule has 1 aromatic carbocycles. The van der Waals surface area contributed by atoms with Crippen LogP contribution in [0, 0.1) is 0 Å². The first-order valence-electron chi connectivity index (χ1n) is 5.89. The van der Waals surface area contributed by atoms with Gasteiger partial charge in [-0.15, -0.1) is 0 Å². The molecule has 1 amide bonds. The third-order valence-corrected chi connectivity index (χ3v) is 2.52. The Labute approximate surface area is 116 Å². The number of primary amides is 1. The number of aromatic nitrogens is 2. The molecule has 0 aliphatic carbocycles. The Hall–Kier alpha value is -2.89. The molecule has 6 heteroatoms. The lowest BCUT2D eigenvalue weighted by atomic mass is 10.1. The minimum atomic E-state index is -0.662. The van der Waals surface area contributed by atoms with Crippen LogP contribution >= 0.6 is 0 Å². The standard InChI is InChI=1S/C14H14N4O2/c1-2-7-20-12-6-4-3-5-9(12)10-8-11(13(15)19)18-14(16)17-10/h2-6,8H,1,7H2,(H2,15,19)(H2,16,17,18). The van der Waals surface area contributed by atoms with E-state index in [1.807, 2.05) is 18.2 Å². The Morgan fingerprint density at radius 2 is 2.10 bits per heavy atom. The fraction of sp³-hybridized carbons (Fsp3) is 0.0714. The first-order valence-corrected chi connectivity index (χ1v) is 5.89. The molecule has 4 N–H and O–H groups in total. The molecule has 6 nitrogen and oxygen atoms in total. The minimum Gasteiger partial charge on any atom is -0.489 e. The average molecular weight is 270 g/mol. The number of carbonyl (C=O) groups excluding carboxylic acids is 1. The van der Waals surface area contributed by atoms with Gasteiger partial charge in [0, 0.05) is 5.56 Å². The molecule has 2 rings (SSSR count). The fourth-order valence-electron chi connectivity index (χ4n) is 1.68. The monoisotopic (exact) mass is 270 g/mol. The predicted octanol–water partition coefficient (Wildman–Crippen LogP) is 1.39. The van der Waals surface area contributed by atoms with Crippen molar-refractivity contribution < 1.29 is 9.53 Å². The van der Waals surface area contributed by atoms with Gasteiger partial charge in [-0.05, 0) is 18.2 Å². The summed E-state index contributed by atoms with van der Waals surface area (Å²) in [4.78, 5) is 19.1. The lowest BCUT2D eigenvalue weighted by molar-refractivity contribution is 0.0995. The maximum Gasteiger partial charge on any atom is 0.267 e. The maximum atomic E-state index is 11.2. The van der Waals surface area contributed by atoms with E-state index in [1.165, 1.54) is 6.07 Å². The molecule has 0 bridgehead atoms. The van der Waals surface area contributed by atoms with Gasteiger partial charge in [0.25, 0.3) is 5.91 Å². The number of carbonyl (C=O) groups is 1. The molecule has 0 aliphatic rings. The zero-order valence-electron chi connectivity index (χ0n) is 10.7. The van der Waals surface area contributed by atoms with Crippen LogP contribution in [-0.2, 0) is 0 Å². The Kier molecular flexibility index (Phi) is 3.95. The molecule has 0 radical (unpaired) electrons. The van der Waals surface area contributed by atoms with E-state index in [2.05, 4.69) is 16.5 Å². The number of rotatable bonds is 5. The molecule has 2 aromatic rings. The van der Waals surface area contributed by atoms with Gasteiger partial charge >= 0.3 is 0 Å². The highest BCUT2D eigenvalue weighted by atomic mass is 16.5. The molecular formula is C14H14N4O2. The highest BCUT2D eigenvalue weighted by Gasteiger charge is 2.12. The number of hydrogen-bond donors (Lipinski definition) is 2. The Balaban J connectivity index is 2.50. The van der Waals surface area contributed by atoms with Crippen LogP contribution < -0.4 is 16.2 Å². The van der Waals surface area contributed by atoms with Crippen LogP contribution in [0.2, 0.25) is 0 Å².